The zero-order valence-electron chi connectivity index (χ0n) is 8.79. The number of rotatable bonds is 1. The van der Waals surface area contributed by atoms with E-state index in [0.29, 0.717) is 0 Å². The minimum atomic E-state index is -4.31. The van der Waals surface area contributed by atoms with Crippen LogP contribution in [0.25, 0.3) is 0 Å². The van der Waals surface area contributed by atoms with Gasteiger partial charge in [0, 0.05) is 0 Å². The molecule has 0 aromatic heterocycles. The van der Waals surface area contributed by atoms with Gasteiger partial charge in [-0.25, -0.2) is 8.42 Å². The van der Waals surface area contributed by atoms with E-state index < -0.39 is 10.1 Å². The molecule has 0 unspecified atom stereocenters. The van der Waals surface area contributed by atoms with Crippen molar-refractivity contribution in [2.45, 2.75) is 25.7 Å². The van der Waals surface area contributed by atoms with Gasteiger partial charge in [-0.05, 0) is 49.6 Å². The Kier molecular flexibility index (Phi) is 5.49. The van der Waals surface area contributed by atoms with Crippen molar-refractivity contribution >= 4 is 10.1 Å². The molecule has 0 N–H and O–H groups in total. The van der Waals surface area contributed by atoms with Gasteiger partial charge in [0.05, 0.1) is 4.90 Å². The first kappa shape index (κ1) is 14.8. The Balaban J connectivity index is 0.00000169. The first-order valence-corrected chi connectivity index (χ1v) is 5.27. The second-order valence-electron chi connectivity index (χ2n) is 3.14. The fourth-order valence-corrected chi connectivity index (χ4v) is 1.78. The topological polar surface area (TPSA) is 57.2 Å². The van der Waals surface area contributed by atoms with E-state index in [0.717, 1.165) is 16.7 Å². The maximum absolute atomic E-state index is 10.7. The van der Waals surface area contributed by atoms with E-state index >= 15 is 0 Å². The number of aryl methyl sites for hydroxylation is 2. The molecule has 0 aliphatic heterocycles. The molecule has 0 atom stereocenters. The molecule has 0 aliphatic rings. The van der Waals surface area contributed by atoms with E-state index in [1.807, 2.05) is 6.92 Å². The summed E-state index contributed by atoms with van der Waals surface area (Å²) in [5.74, 6) is 0. The molecule has 0 saturated heterocycles. The van der Waals surface area contributed by atoms with Crippen LogP contribution in [-0.2, 0) is 10.1 Å². The molecule has 1 rings (SSSR count). The van der Waals surface area contributed by atoms with Crippen LogP contribution in [0, 0.1) is 20.8 Å². The quantitative estimate of drug-likeness (QED) is 0.443. The van der Waals surface area contributed by atoms with Gasteiger partial charge in [-0.1, -0.05) is 0 Å². The van der Waals surface area contributed by atoms with Crippen molar-refractivity contribution < 1.29 is 64.4 Å². The van der Waals surface area contributed by atoms with Crippen LogP contribution in [0.2, 0.25) is 0 Å². The molecule has 0 radical (unpaired) electrons. The van der Waals surface area contributed by atoms with E-state index in [2.05, 4.69) is 0 Å². The molecule has 14 heavy (non-hydrogen) atoms. The minimum Gasteiger partial charge on any atom is -0.744 e. The van der Waals surface area contributed by atoms with Crippen molar-refractivity contribution in [2.75, 3.05) is 0 Å². The summed E-state index contributed by atoms with van der Waals surface area (Å²) in [5, 5.41) is 0. The summed E-state index contributed by atoms with van der Waals surface area (Å²) in [6.07, 6.45) is 0. The Morgan fingerprint density at radius 3 is 1.71 bits per heavy atom. The summed E-state index contributed by atoms with van der Waals surface area (Å²) in [7, 11) is -4.31. The monoisotopic (exact) mass is 238 g/mol. The molecule has 1 aromatic rings. The first-order chi connectivity index (χ1) is 5.82. The molecule has 0 heterocycles. The second-order valence-corrected chi connectivity index (χ2v) is 4.52. The molecule has 1 aromatic carbocycles. The zero-order chi connectivity index (χ0) is 10.2. The maximum Gasteiger partial charge on any atom is 1.00 e. The van der Waals surface area contributed by atoms with Crippen LogP contribution in [0.5, 0.6) is 0 Å². The van der Waals surface area contributed by atoms with Gasteiger partial charge in [0.15, 0.2) is 0 Å². The molecule has 3 nitrogen and oxygen atoms in total. The molecule has 0 spiro atoms. The fourth-order valence-electron chi connectivity index (χ4n) is 1.14. The van der Waals surface area contributed by atoms with Gasteiger partial charge >= 0.3 is 51.4 Å². The summed E-state index contributed by atoms with van der Waals surface area (Å²) in [6.45, 7) is 5.47. The van der Waals surface area contributed by atoms with Gasteiger partial charge in [0.25, 0.3) is 0 Å². The van der Waals surface area contributed by atoms with Gasteiger partial charge in [0.1, 0.15) is 10.1 Å². The smallest absolute Gasteiger partial charge is 0.744 e. The summed E-state index contributed by atoms with van der Waals surface area (Å²) in [5.41, 5.74) is 2.68. The molecule has 5 heteroatoms. The SMILES string of the molecule is Cc1cc(S(=O)(=O)[O-])cc(C)c1C.[K+]. The molecule has 0 fully saturated rings. The van der Waals surface area contributed by atoms with E-state index in [1.165, 1.54) is 12.1 Å². The van der Waals surface area contributed by atoms with E-state index in [4.69, 9.17) is 0 Å². The largest absolute Gasteiger partial charge is 1.00 e. The Bertz CT molecular complexity index is 414. The molecule has 0 aliphatic carbocycles. The summed E-state index contributed by atoms with van der Waals surface area (Å²) in [6, 6.07) is 2.81. The van der Waals surface area contributed by atoms with Crippen LogP contribution in [-0.4, -0.2) is 13.0 Å². The van der Waals surface area contributed by atoms with Gasteiger partial charge in [-0.15, -0.1) is 0 Å². The van der Waals surface area contributed by atoms with Crippen molar-refractivity contribution in [3.05, 3.63) is 28.8 Å². The summed E-state index contributed by atoms with van der Waals surface area (Å²) in [4.78, 5) is -0.145. The number of hydrogen-bond acceptors (Lipinski definition) is 3. The summed E-state index contributed by atoms with van der Waals surface area (Å²) < 4.78 is 32.1. The second kappa shape index (κ2) is 5.20. The standard InChI is InChI=1S/C9H12O3S.K/c1-6-4-9(13(10,11)12)5-7(2)8(6)3;/h4-5H,1-3H3,(H,10,11,12);/q;+1/p-1. The van der Waals surface area contributed by atoms with Crippen LogP contribution >= 0.6 is 0 Å². The van der Waals surface area contributed by atoms with Crippen LogP contribution in [0.3, 0.4) is 0 Å². The minimum absolute atomic E-state index is 0. The third kappa shape index (κ3) is 3.41. The van der Waals surface area contributed by atoms with E-state index in [9.17, 15) is 13.0 Å². The molecular weight excluding hydrogens is 227 g/mol. The van der Waals surface area contributed by atoms with Gasteiger partial charge in [0.2, 0.25) is 0 Å². The van der Waals surface area contributed by atoms with Crippen LogP contribution in [0.15, 0.2) is 17.0 Å². The van der Waals surface area contributed by atoms with Crippen molar-refractivity contribution in [3.8, 4) is 0 Å². The van der Waals surface area contributed by atoms with Crippen molar-refractivity contribution in [2.24, 2.45) is 0 Å². The Hall–Kier alpha value is 0.766. The average molecular weight is 238 g/mol. The molecule has 0 amide bonds. The Morgan fingerprint density at radius 1 is 1.07 bits per heavy atom. The fraction of sp³-hybridized carbons (Fsp3) is 0.333. The maximum atomic E-state index is 10.7. The molecule has 0 saturated carbocycles. The van der Waals surface area contributed by atoms with E-state index in [1.54, 1.807) is 13.8 Å². The van der Waals surface area contributed by atoms with Crippen molar-refractivity contribution in [3.63, 3.8) is 0 Å². The third-order valence-electron chi connectivity index (χ3n) is 2.19. The number of hydrogen-bond donors (Lipinski definition) is 0. The van der Waals surface area contributed by atoms with E-state index in [-0.39, 0.29) is 56.3 Å². The normalized spacial score (nSPS) is 10.9. The third-order valence-corrected chi connectivity index (χ3v) is 3.00. The Labute approximate surface area is 127 Å². The van der Waals surface area contributed by atoms with Crippen LogP contribution in [0.4, 0.5) is 0 Å². The molecule has 0 bridgehead atoms. The van der Waals surface area contributed by atoms with Gasteiger partial charge in [-0.2, -0.15) is 0 Å². The summed E-state index contributed by atoms with van der Waals surface area (Å²) >= 11 is 0. The molecular formula is C9H11KO3S. The average Bonchev–Trinajstić information content (AvgIpc) is 1.97. The zero-order valence-corrected chi connectivity index (χ0v) is 12.7. The first-order valence-electron chi connectivity index (χ1n) is 3.86. The molecule has 72 valence electrons. The predicted octanol–water partition coefficient (Wildman–Crippen LogP) is -1.48. The van der Waals surface area contributed by atoms with Crippen molar-refractivity contribution in [1.82, 2.24) is 0 Å². The number of benzene rings is 1. The predicted molar refractivity (Wildman–Crippen MR) is 48.6 cm³/mol. The van der Waals surface area contributed by atoms with Gasteiger partial charge < -0.3 is 4.55 Å². The van der Waals surface area contributed by atoms with Crippen LogP contribution < -0.4 is 51.4 Å². The van der Waals surface area contributed by atoms with Crippen molar-refractivity contribution in [1.29, 1.82) is 0 Å². The van der Waals surface area contributed by atoms with Gasteiger partial charge in [-0.3, -0.25) is 0 Å². The Morgan fingerprint density at radius 2 is 1.43 bits per heavy atom. The van der Waals surface area contributed by atoms with Crippen LogP contribution in [0.1, 0.15) is 16.7 Å².